The van der Waals surface area contributed by atoms with Gasteiger partial charge in [-0.15, -0.1) is 0 Å². The van der Waals surface area contributed by atoms with Crippen LogP contribution in [-0.2, 0) is 4.79 Å². The van der Waals surface area contributed by atoms with Crippen molar-refractivity contribution in [2.24, 2.45) is 10.9 Å². The fraction of sp³-hybridized carbons (Fsp3) is 0.474. The van der Waals surface area contributed by atoms with Gasteiger partial charge in [0.25, 0.3) is 0 Å². The minimum Gasteiger partial charge on any atom is -0.256 e. The van der Waals surface area contributed by atoms with Crippen LogP contribution in [-0.4, -0.2) is 17.1 Å². The maximum atomic E-state index is 13.6. The largest absolute Gasteiger partial charge is 0.256 e. The van der Waals surface area contributed by atoms with Gasteiger partial charge in [-0.3, -0.25) is 4.98 Å². The van der Waals surface area contributed by atoms with Crippen molar-refractivity contribution in [3.63, 3.8) is 0 Å². The van der Waals surface area contributed by atoms with Crippen LogP contribution in [0, 0.1) is 11.7 Å². The molecule has 0 bridgehead atoms. The van der Waals surface area contributed by atoms with Gasteiger partial charge in [0.1, 0.15) is 5.82 Å². The number of carbonyl (C=O) groups excluding carboxylic acids is 1. The Bertz CT molecular complexity index is 731. The summed E-state index contributed by atoms with van der Waals surface area (Å²) in [5, 5.41) is 0.925. The Morgan fingerprint density at radius 1 is 1.30 bits per heavy atom. The summed E-state index contributed by atoms with van der Waals surface area (Å²) in [4.78, 5) is 18.8. The second kappa shape index (κ2) is 7.01. The lowest BCUT2D eigenvalue weighted by Crippen LogP contribution is -2.23. The molecule has 1 saturated carbocycles. The average molecular weight is 312 g/mol. The van der Waals surface area contributed by atoms with E-state index >= 15 is 0 Å². The molecule has 1 fully saturated rings. The van der Waals surface area contributed by atoms with E-state index < -0.39 is 0 Å². The van der Waals surface area contributed by atoms with Crippen LogP contribution in [0.15, 0.2) is 35.5 Å². The lowest BCUT2D eigenvalue weighted by molar-refractivity contribution is 0.279. The number of halogens is 1. The first-order chi connectivity index (χ1) is 11.2. The van der Waals surface area contributed by atoms with Crippen molar-refractivity contribution in [2.75, 3.05) is 0 Å². The molecule has 1 aromatic heterocycles. The van der Waals surface area contributed by atoms with Crippen molar-refractivity contribution in [3.05, 3.63) is 41.8 Å². The maximum Gasteiger partial charge on any atom is 0.235 e. The van der Waals surface area contributed by atoms with Gasteiger partial charge >= 0.3 is 0 Å². The quantitative estimate of drug-likeness (QED) is 0.603. The molecule has 2 aromatic rings. The Balaban J connectivity index is 1.80. The van der Waals surface area contributed by atoms with Crippen LogP contribution in [0.1, 0.15) is 50.5 Å². The van der Waals surface area contributed by atoms with Crippen LogP contribution in [0.2, 0.25) is 0 Å². The lowest BCUT2D eigenvalue weighted by atomic mass is 9.75. The number of benzene rings is 1. The lowest BCUT2D eigenvalue weighted by Gasteiger charge is -2.31. The number of aromatic nitrogens is 1. The first kappa shape index (κ1) is 15.8. The fourth-order valence-electron chi connectivity index (χ4n) is 3.91. The number of hydrogen-bond donors (Lipinski definition) is 0. The third kappa shape index (κ3) is 3.32. The summed E-state index contributed by atoms with van der Waals surface area (Å²) in [6, 6.07) is 6.91. The van der Waals surface area contributed by atoms with Crippen LogP contribution < -0.4 is 0 Å². The van der Waals surface area contributed by atoms with Crippen LogP contribution in [0.4, 0.5) is 4.39 Å². The Labute approximate surface area is 135 Å². The number of fused-ring (bicyclic) bond motifs is 1. The number of nitrogens with zero attached hydrogens (tertiary/aromatic N) is 2. The molecule has 0 aliphatic heterocycles. The third-order valence-electron chi connectivity index (χ3n) is 5.13. The molecule has 0 spiro atoms. The molecular formula is C19H21FN2O. The van der Waals surface area contributed by atoms with E-state index in [0.29, 0.717) is 11.8 Å². The van der Waals surface area contributed by atoms with Crippen LogP contribution in [0.3, 0.4) is 0 Å². The molecule has 120 valence electrons. The average Bonchev–Trinajstić information content (AvgIpc) is 2.59. The van der Waals surface area contributed by atoms with Crippen molar-refractivity contribution in [2.45, 2.75) is 51.0 Å². The Morgan fingerprint density at radius 2 is 2.09 bits per heavy atom. The molecule has 1 aliphatic carbocycles. The maximum absolute atomic E-state index is 13.6. The molecular weight excluding hydrogens is 291 g/mol. The smallest absolute Gasteiger partial charge is 0.235 e. The number of rotatable bonds is 4. The first-order valence-corrected chi connectivity index (χ1v) is 8.34. The third-order valence-corrected chi connectivity index (χ3v) is 5.13. The first-order valence-electron chi connectivity index (χ1n) is 8.34. The number of hydrogen-bond acceptors (Lipinski definition) is 3. The molecule has 3 rings (SSSR count). The molecule has 1 unspecified atom stereocenters. The normalized spacial score (nSPS) is 22.5. The second-order valence-electron chi connectivity index (χ2n) is 6.37. The van der Waals surface area contributed by atoms with E-state index in [-0.39, 0.29) is 11.9 Å². The highest BCUT2D eigenvalue weighted by Crippen LogP contribution is 2.40. The van der Waals surface area contributed by atoms with Gasteiger partial charge in [-0.05, 0) is 73.8 Å². The number of isocyanates is 1. The predicted octanol–water partition coefficient (Wildman–Crippen LogP) is 4.76. The Hall–Kier alpha value is -2.06. The van der Waals surface area contributed by atoms with E-state index in [1.54, 1.807) is 18.2 Å². The standard InChI is InChI=1S/C19H21FN2O/c1-2-18(22-12-23)14-5-3-13(4-6-14)16-9-10-21-19-8-7-15(20)11-17(16)19/h7-11,13-14,18H,2-6H2,1H3. The van der Waals surface area contributed by atoms with Gasteiger partial charge in [0.15, 0.2) is 0 Å². The zero-order chi connectivity index (χ0) is 16.2. The molecule has 3 nitrogen and oxygen atoms in total. The van der Waals surface area contributed by atoms with Crippen LogP contribution >= 0.6 is 0 Å². The van der Waals surface area contributed by atoms with Gasteiger partial charge < -0.3 is 0 Å². The van der Waals surface area contributed by atoms with Crippen molar-refractivity contribution in [1.82, 2.24) is 4.98 Å². The summed E-state index contributed by atoms with van der Waals surface area (Å²) in [5.41, 5.74) is 2.04. The Kier molecular flexibility index (Phi) is 4.82. The van der Waals surface area contributed by atoms with Gasteiger partial charge in [0.05, 0.1) is 11.6 Å². The van der Waals surface area contributed by atoms with Gasteiger partial charge in [0, 0.05) is 11.6 Å². The van der Waals surface area contributed by atoms with E-state index in [2.05, 4.69) is 16.9 Å². The summed E-state index contributed by atoms with van der Waals surface area (Å²) in [6.07, 6.45) is 8.60. The van der Waals surface area contributed by atoms with Crippen LogP contribution in [0.25, 0.3) is 10.9 Å². The van der Waals surface area contributed by atoms with Gasteiger partial charge in [-0.2, -0.15) is 0 Å². The number of aliphatic imine (C=N–C) groups is 1. The molecule has 1 atom stereocenters. The zero-order valence-electron chi connectivity index (χ0n) is 13.3. The van der Waals surface area contributed by atoms with Crippen LogP contribution in [0.5, 0.6) is 0 Å². The van der Waals surface area contributed by atoms with E-state index in [1.165, 1.54) is 11.6 Å². The van der Waals surface area contributed by atoms with E-state index in [1.807, 2.05) is 12.3 Å². The fourth-order valence-corrected chi connectivity index (χ4v) is 3.91. The van der Waals surface area contributed by atoms with Crippen molar-refractivity contribution in [1.29, 1.82) is 0 Å². The summed E-state index contributed by atoms with van der Waals surface area (Å²) in [6.45, 7) is 2.07. The molecule has 0 saturated heterocycles. The summed E-state index contributed by atoms with van der Waals surface area (Å²) < 4.78 is 13.6. The minimum atomic E-state index is -0.216. The van der Waals surface area contributed by atoms with Crippen molar-refractivity contribution in [3.8, 4) is 0 Å². The molecule has 23 heavy (non-hydrogen) atoms. The molecule has 0 radical (unpaired) electrons. The summed E-state index contributed by atoms with van der Waals surface area (Å²) in [7, 11) is 0. The van der Waals surface area contributed by atoms with E-state index in [0.717, 1.165) is 43.0 Å². The second-order valence-corrected chi connectivity index (χ2v) is 6.37. The highest BCUT2D eigenvalue weighted by molar-refractivity contribution is 5.82. The van der Waals surface area contributed by atoms with Crippen molar-refractivity contribution >= 4 is 17.0 Å². The van der Waals surface area contributed by atoms with E-state index in [4.69, 9.17) is 0 Å². The predicted molar refractivity (Wildman–Crippen MR) is 88.6 cm³/mol. The van der Waals surface area contributed by atoms with Gasteiger partial charge in [0.2, 0.25) is 6.08 Å². The zero-order valence-corrected chi connectivity index (χ0v) is 13.3. The molecule has 1 heterocycles. The summed E-state index contributed by atoms with van der Waals surface area (Å²) in [5.74, 6) is 0.672. The molecule has 1 aromatic carbocycles. The van der Waals surface area contributed by atoms with Crippen molar-refractivity contribution < 1.29 is 9.18 Å². The summed E-state index contributed by atoms with van der Waals surface area (Å²) >= 11 is 0. The minimum absolute atomic E-state index is 0.0973. The number of pyridine rings is 1. The monoisotopic (exact) mass is 312 g/mol. The van der Waals surface area contributed by atoms with Gasteiger partial charge in [-0.1, -0.05) is 6.92 Å². The molecule has 1 aliphatic rings. The van der Waals surface area contributed by atoms with E-state index in [9.17, 15) is 9.18 Å². The van der Waals surface area contributed by atoms with Gasteiger partial charge in [-0.25, -0.2) is 14.2 Å². The highest BCUT2D eigenvalue weighted by Gasteiger charge is 2.28. The topological polar surface area (TPSA) is 42.3 Å². The Morgan fingerprint density at radius 3 is 2.78 bits per heavy atom. The highest BCUT2D eigenvalue weighted by atomic mass is 19.1. The molecule has 0 amide bonds. The SMILES string of the molecule is CCC(N=C=O)C1CCC(c2ccnc3ccc(F)cc23)CC1. The molecule has 0 N–H and O–H groups in total. The molecule has 4 heteroatoms.